The highest BCUT2D eigenvalue weighted by molar-refractivity contribution is 5.89. The third kappa shape index (κ3) is 5.29. The Kier molecular flexibility index (Phi) is 8.20. The van der Waals surface area contributed by atoms with Crippen molar-refractivity contribution in [3.8, 4) is 0 Å². The number of carbonyl (C=O) groups is 2. The van der Waals surface area contributed by atoms with Crippen molar-refractivity contribution in [3.05, 3.63) is 47.5 Å². The summed E-state index contributed by atoms with van der Waals surface area (Å²) in [6, 6.07) is 9.33. The maximum atomic E-state index is 13.3. The summed E-state index contributed by atoms with van der Waals surface area (Å²) in [6.07, 6.45) is 14.2. The Morgan fingerprint density at radius 1 is 0.949 bits per heavy atom. The summed E-state index contributed by atoms with van der Waals surface area (Å²) in [4.78, 5) is 26.1. The Bertz CT molecular complexity index is 1070. The summed E-state index contributed by atoms with van der Waals surface area (Å²) in [7, 11) is 0. The lowest BCUT2D eigenvalue weighted by Gasteiger charge is -2.60. The first-order valence-corrected chi connectivity index (χ1v) is 16.0. The lowest BCUT2D eigenvalue weighted by atomic mass is 9.44. The minimum absolute atomic E-state index is 0.0151. The third-order valence-electron chi connectivity index (χ3n) is 12.1. The van der Waals surface area contributed by atoms with Crippen molar-refractivity contribution in [2.45, 2.75) is 112 Å². The Balaban J connectivity index is 1.35. The average molecular weight is 533 g/mol. The van der Waals surface area contributed by atoms with E-state index in [0.29, 0.717) is 34.5 Å². The molecule has 0 radical (unpaired) electrons. The molecule has 9 atom stereocenters. The number of hydrogen-bond donors (Lipinski definition) is 0. The Morgan fingerprint density at radius 3 is 2.38 bits per heavy atom. The van der Waals surface area contributed by atoms with Crippen LogP contribution in [0.5, 0.6) is 0 Å². The van der Waals surface area contributed by atoms with Gasteiger partial charge in [-0.2, -0.15) is 0 Å². The second-order valence-corrected chi connectivity index (χ2v) is 14.7. The predicted molar refractivity (Wildman–Crippen MR) is 158 cm³/mol. The van der Waals surface area contributed by atoms with Gasteiger partial charge >= 0.3 is 5.97 Å². The molecule has 1 aromatic carbocycles. The fraction of sp³-hybridized carbons (Fsp3) is 0.722. The maximum absolute atomic E-state index is 13.3. The smallest absolute Gasteiger partial charge is 0.338 e. The average Bonchev–Trinajstić information content (AvgIpc) is 3.26. The number of benzene rings is 1. The zero-order chi connectivity index (χ0) is 27.9. The van der Waals surface area contributed by atoms with Crippen LogP contribution in [0.2, 0.25) is 0 Å². The van der Waals surface area contributed by atoms with Gasteiger partial charge in [0.2, 0.25) is 0 Å². The van der Waals surface area contributed by atoms with E-state index in [9.17, 15) is 9.59 Å². The first kappa shape index (κ1) is 28.6. The standard InChI is InChI=1S/C36H52O3/c1-23(2)11-10-12-24(3)30-15-16-31-33-29(25(4)37)22-27-21-28(39-34(38)26-13-8-7-9-14-26)17-19-35(27,5)32(33)18-20-36(30,31)6/h7-9,13-14,22-24,28-33H,10-12,15-21H2,1-6H3/t24-,28+,29?,30-,31+,32+,33+,35+,36-/m1/s1. The lowest BCUT2D eigenvalue weighted by molar-refractivity contribution is -0.130. The number of rotatable bonds is 8. The molecule has 0 spiro atoms. The molecule has 0 aromatic heterocycles. The fourth-order valence-corrected chi connectivity index (χ4v) is 9.96. The largest absolute Gasteiger partial charge is 0.458 e. The number of allylic oxidation sites excluding steroid dienone is 1. The first-order chi connectivity index (χ1) is 18.5. The van der Waals surface area contributed by atoms with E-state index in [1.165, 1.54) is 50.5 Å². The van der Waals surface area contributed by atoms with Crippen LogP contribution in [0.3, 0.4) is 0 Å². The molecular formula is C36H52O3. The molecule has 0 N–H and O–H groups in total. The van der Waals surface area contributed by atoms with Crippen LogP contribution in [0.4, 0.5) is 0 Å². The Labute approximate surface area is 237 Å². The summed E-state index contributed by atoms with van der Waals surface area (Å²) >= 11 is 0. The molecule has 3 heteroatoms. The van der Waals surface area contributed by atoms with Crippen molar-refractivity contribution < 1.29 is 14.3 Å². The number of ketones is 1. The Morgan fingerprint density at radius 2 is 1.69 bits per heavy atom. The quantitative estimate of drug-likeness (QED) is 0.248. The lowest BCUT2D eigenvalue weighted by Crippen LogP contribution is -2.54. The molecule has 4 aliphatic rings. The van der Waals surface area contributed by atoms with Crippen LogP contribution in [-0.4, -0.2) is 17.9 Å². The van der Waals surface area contributed by atoms with E-state index in [2.05, 4.69) is 40.7 Å². The van der Waals surface area contributed by atoms with Crippen LogP contribution in [0, 0.1) is 52.3 Å². The topological polar surface area (TPSA) is 43.4 Å². The number of fused-ring (bicyclic) bond motifs is 5. The van der Waals surface area contributed by atoms with Gasteiger partial charge in [-0.1, -0.05) is 83.7 Å². The second-order valence-electron chi connectivity index (χ2n) is 14.7. The molecule has 0 aliphatic heterocycles. The van der Waals surface area contributed by atoms with Crippen molar-refractivity contribution in [3.63, 3.8) is 0 Å². The van der Waals surface area contributed by atoms with Crippen LogP contribution >= 0.6 is 0 Å². The van der Waals surface area contributed by atoms with Crippen molar-refractivity contribution in [1.82, 2.24) is 0 Å². The molecule has 4 aliphatic carbocycles. The van der Waals surface area contributed by atoms with Gasteiger partial charge in [0.25, 0.3) is 0 Å². The molecule has 0 saturated heterocycles. The van der Waals surface area contributed by atoms with E-state index in [1.54, 1.807) is 0 Å². The van der Waals surface area contributed by atoms with E-state index >= 15 is 0 Å². The van der Waals surface area contributed by atoms with Crippen molar-refractivity contribution >= 4 is 11.8 Å². The number of carbonyl (C=O) groups excluding carboxylic acids is 2. The van der Waals surface area contributed by atoms with Gasteiger partial charge in [0.1, 0.15) is 11.9 Å². The van der Waals surface area contributed by atoms with Crippen molar-refractivity contribution in [2.24, 2.45) is 52.3 Å². The molecule has 3 saturated carbocycles. The van der Waals surface area contributed by atoms with Crippen LogP contribution in [0.1, 0.15) is 116 Å². The van der Waals surface area contributed by atoms with Gasteiger partial charge in [-0.15, -0.1) is 0 Å². The normalized spacial score (nSPS) is 38.3. The minimum atomic E-state index is -0.227. The van der Waals surface area contributed by atoms with Gasteiger partial charge < -0.3 is 4.74 Å². The molecule has 3 nitrogen and oxygen atoms in total. The third-order valence-corrected chi connectivity index (χ3v) is 12.1. The molecule has 39 heavy (non-hydrogen) atoms. The van der Waals surface area contributed by atoms with Crippen molar-refractivity contribution in [1.29, 1.82) is 0 Å². The van der Waals surface area contributed by atoms with Gasteiger partial charge in [0.15, 0.2) is 0 Å². The van der Waals surface area contributed by atoms with Crippen LogP contribution in [0.25, 0.3) is 0 Å². The molecule has 1 unspecified atom stereocenters. The van der Waals surface area contributed by atoms with Crippen LogP contribution in [-0.2, 0) is 9.53 Å². The molecule has 0 heterocycles. The van der Waals surface area contributed by atoms with E-state index < -0.39 is 0 Å². The van der Waals surface area contributed by atoms with Crippen LogP contribution < -0.4 is 0 Å². The number of Topliss-reactive ketones (excluding diaryl/α,β-unsaturated/α-hetero) is 1. The highest BCUT2D eigenvalue weighted by Crippen LogP contribution is 2.68. The summed E-state index contributed by atoms with van der Waals surface area (Å²) in [5.74, 6) is 4.14. The summed E-state index contributed by atoms with van der Waals surface area (Å²) in [6.45, 7) is 14.1. The predicted octanol–water partition coefficient (Wildman–Crippen LogP) is 9.07. The van der Waals surface area contributed by atoms with E-state index in [-0.39, 0.29) is 23.4 Å². The molecular weight excluding hydrogens is 480 g/mol. The SMILES string of the molecule is CC(=O)C1C=C2C[C@@H](OC(=O)c3ccccc3)CC[C@]2(C)[C@H]2CC[C@]3(C)[C@@H]([C@H](C)CCCC(C)C)CC[C@H]3[C@H]12. The molecule has 3 fully saturated rings. The van der Waals surface area contributed by atoms with Crippen molar-refractivity contribution in [2.75, 3.05) is 0 Å². The maximum Gasteiger partial charge on any atom is 0.338 e. The number of ether oxygens (including phenoxy) is 1. The van der Waals surface area contributed by atoms with Gasteiger partial charge in [0, 0.05) is 12.3 Å². The van der Waals surface area contributed by atoms with Gasteiger partial charge in [-0.25, -0.2) is 4.79 Å². The molecule has 0 bridgehead atoms. The molecule has 214 valence electrons. The molecule has 5 rings (SSSR count). The molecule has 0 amide bonds. The monoisotopic (exact) mass is 532 g/mol. The van der Waals surface area contributed by atoms with E-state index in [1.807, 2.05) is 37.3 Å². The fourth-order valence-electron chi connectivity index (χ4n) is 9.96. The van der Waals surface area contributed by atoms with Crippen LogP contribution in [0.15, 0.2) is 42.0 Å². The number of esters is 1. The Hall–Kier alpha value is -1.90. The zero-order valence-corrected chi connectivity index (χ0v) is 25.4. The van der Waals surface area contributed by atoms with Gasteiger partial charge in [0.05, 0.1) is 5.56 Å². The van der Waals surface area contributed by atoms with Gasteiger partial charge in [-0.3, -0.25) is 4.79 Å². The summed E-state index contributed by atoms with van der Waals surface area (Å²) in [5.41, 5.74) is 2.48. The van der Waals surface area contributed by atoms with Gasteiger partial charge in [-0.05, 0) is 104 Å². The summed E-state index contributed by atoms with van der Waals surface area (Å²) < 4.78 is 6.01. The second kappa shape index (κ2) is 11.2. The van der Waals surface area contributed by atoms with E-state index in [4.69, 9.17) is 4.74 Å². The highest BCUT2D eigenvalue weighted by Gasteiger charge is 2.61. The zero-order valence-electron chi connectivity index (χ0n) is 25.4. The number of hydrogen-bond acceptors (Lipinski definition) is 3. The highest BCUT2D eigenvalue weighted by atomic mass is 16.5. The summed E-state index contributed by atoms with van der Waals surface area (Å²) in [5, 5.41) is 0. The minimum Gasteiger partial charge on any atom is -0.458 e. The first-order valence-electron chi connectivity index (χ1n) is 16.0. The van der Waals surface area contributed by atoms with E-state index in [0.717, 1.165) is 37.0 Å². The molecule has 1 aromatic rings.